The third kappa shape index (κ3) is 3.18. The van der Waals surface area contributed by atoms with Crippen LogP contribution in [0.1, 0.15) is 11.1 Å². The van der Waals surface area contributed by atoms with Gasteiger partial charge in [-0.15, -0.1) is 0 Å². The Hall–Kier alpha value is -3.42. The SMILES string of the molecule is COc1cc2c(cc1OC)CN(c1ncnc3c(OC)c(OC)c(OC)cc13)CC2. The van der Waals surface area contributed by atoms with Crippen molar-refractivity contribution in [3.63, 3.8) is 0 Å². The fourth-order valence-corrected chi connectivity index (χ4v) is 3.97. The fraction of sp³-hybridized carbons (Fsp3) is 0.364. The van der Waals surface area contributed by atoms with Crippen LogP contribution in [0.15, 0.2) is 24.5 Å². The molecule has 0 N–H and O–H groups in total. The van der Waals surface area contributed by atoms with Gasteiger partial charge in [-0.1, -0.05) is 0 Å². The standard InChI is InChI=1S/C22H25N3O5/c1-26-16-8-13-6-7-25(11-14(13)9-17(16)27-2)22-15-10-18(28-3)20(29-4)21(30-5)19(15)23-12-24-22/h8-10,12H,6-7,11H2,1-5H3. The fourth-order valence-electron chi connectivity index (χ4n) is 3.97. The number of aromatic nitrogens is 2. The van der Waals surface area contributed by atoms with Gasteiger partial charge in [-0.3, -0.25) is 0 Å². The lowest BCUT2D eigenvalue weighted by Gasteiger charge is -2.31. The van der Waals surface area contributed by atoms with Gasteiger partial charge in [0.2, 0.25) is 5.75 Å². The summed E-state index contributed by atoms with van der Waals surface area (Å²) in [5.41, 5.74) is 3.11. The van der Waals surface area contributed by atoms with Crippen molar-refractivity contribution >= 4 is 16.7 Å². The highest BCUT2D eigenvalue weighted by Crippen LogP contribution is 2.45. The van der Waals surface area contributed by atoms with Gasteiger partial charge in [0.05, 0.1) is 40.9 Å². The Labute approximate surface area is 175 Å². The summed E-state index contributed by atoms with van der Waals surface area (Å²) in [7, 11) is 8.08. The molecular formula is C22H25N3O5. The van der Waals surface area contributed by atoms with E-state index in [9.17, 15) is 0 Å². The number of methoxy groups -OCH3 is 5. The van der Waals surface area contributed by atoms with Crippen LogP contribution >= 0.6 is 0 Å². The molecule has 158 valence electrons. The van der Waals surface area contributed by atoms with Gasteiger partial charge in [-0.2, -0.15) is 0 Å². The van der Waals surface area contributed by atoms with Crippen molar-refractivity contribution in [1.29, 1.82) is 0 Å². The molecule has 0 saturated heterocycles. The molecule has 1 aliphatic rings. The molecule has 3 aromatic rings. The normalized spacial score (nSPS) is 13.0. The Kier molecular flexibility index (Phi) is 5.39. The third-order valence-electron chi connectivity index (χ3n) is 5.43. The van der Waals surface area contributed by atoms with Gasteiger partial charge in [0, 0.05) is 13.1 Å². The molecular weight excluding hydrogens is 386 g/mol. The molecule has 0 bridgehead atoms. The molecule has 0 radical (unpaired) electrons. The zero-order valence-electron chi connectivity index (χ0n) is 17.8. The first-order valence-corrected chi connectivity index (χ1v) is 9.57. The van der Waals surface area contributed by atoms with Crippen molar-refractivity contribution in [3.8, 4) is 28.7 Å². The van der Waals surface area contributed by atoms with Crippen molar-refractivity contribution in [2.75, 3.05) is 47.0 Å². The molecule has 0 saturated carbocycles. The summed E-state index contributed by atoms with van der Waals surface area (Å²) in [4.78, 5) is 11.3. The van der Waals surface area contributed by atoms with Gasteiger partial charge in [0.15, 0.2) is 23.0 Å². The van der Waals surface area contributed by atoms with Crippen LogP contribution in [-0.4, -0.2) is 52.1 Å². The van der Waals surface area contributed by atoms with Crippen molar-refractivity contribution in [1.82, 2.24) is 9.97 Å². The Morgan fingerprint density at radius 1 is 0.733 bits per heavy atom. The number of nitrogens with zero attached hydrogens (tertiary/aromatic N) is 3. The van der Waals surface area contributed by atoms with E-state index < -0.39 is 0 Å². The molecule has 8 nitrogen and oxygen atoms in total. The van der Waals surface area contributed by atoms with Gasteiger partial charge < -0.3 is 28.6 Å². The Morgan fingerprint density at radius 3 is 2.03 bits per heavy atom. The van der Waals surface area contributed by atoms with Crippen LogP contribution in [0.25, 0.3) is 10.9 Å². The maximum Gasteiger partial charge on any atom is 0.205 e. The van der Waals surface area contributed by atoms with Crippen LogP contribution in [0.4, 0.5) is 5.82 Å². The molecule has 2 heterocycles. The summed E-state index contributed by atoms with van der Waals surface area (Å²) in [6, 6.07) is 5.99. The number of anilines is 1. The van der Waals surface area contributed by atoms with Crippen LogP contribution in [-0.2, 0) is 13.0 Å². The average molecular weight is 411 g/mol. The second kappa shape index (κ2) is 8.14. The predicted molar refractivity (Wildman–Crippen MR) is 113 cm³/mol. The second-order valence-electron chi connectivity index (χ2n) is 6.89. The quantitative estimate of drug-likeness (QED) is 0.612. The molecule has 4 rings (SSSR count). The first-order chi connectivity index (χ1) is 14.6. The van der Waals surface area contributed by atoms with Crippen LogP contribution in [0, 0.1) is 0 Å². The van der Waals surface area contributed by atoms with Gasteiger partial charge in [0.25, 0.3) is 0 Å². The highest BCUT2D eigenvalue weighted by Gasteiger charge is 2.25. The molecule has 0 unspecified atom stereocenters. The minimum Gasteiger partial charge on any atom is -0.493 e. The van der Waals surface area contributed by atoms with E-state index in [1.807, 2.05) is 12.1 Å². The molecule has 1 aliphatic heterocycles. The second-order valence-corrected chi connectivity index (χ2v) is 6.89. The smallest absolute Gasteiger partial charge is 0.205 e. The third-order valence-corrected chi connectivity index (χ3v) is 5.43. The van der Waals surface area contributed by atoms with E-state index in [1.54, 1.807) is 41.9 Å². The summed E-state index contributed by atoms with van der Waals surface area (Å²) in [6.07, 6.45) is 2.42. The van der Waals surface area contributed by atoms with E-state index in [0.717, 1.165) is 35.7 Å². The Bertz CT molecular complexity index is 1090. The number of hydrogen-bond donors (Lipinski definition) is 0. The van der Waals surface area contributed by atoms with Gasteiger partial charge in [-0.05, 0) is 35.7 Å². The zero-order valence-corrected chi connectivity index (χ0v) is 17.8. The lowest BCUT2D eigenvalue weighted by molar-refractivity contribution is 0.327. The predicted octanol–water partition coefficient (Wildman–Crippen LogP) is 3.24. The van der Waals surface area contributed by atoms with Gasteiger partial charge in [-0.25, -0.2) is 9.97 Å². The van der Waals surface area contributed by atoms with E-state index in [2.05, 4.69) is 20.9 Å². The highest BCUT2D eigenvalue weighted by atomic mass is 16.5. The van der Waals surface area contributed by atoms with Gasteiger partial charge >= 0.3 is 0 Å². The Balaban J connectivity index is 1.81. The number of ether oxygens (including phenoxy) is 5. The van der Waals surface area contributed by atoms with E-state index in [4.69, 9.17) is 23.7 Å². The summed E-state index contributed by atoms with van der Waals surface area (Å²) >= 11 is 0. The average Bonchev–Trinajstić information content (AvgIpc) is 2.80. The van der Waals surface area contributed by atoms with E-state index in [-0.39, 0.29) is 0 Å². The highest BCUT2D eigenvalue weighted by molar-refractivity contribution is 5.97. The summed E-state index contributed by atoms with van der Waals surface area (Å²) in [6.45, 7) is 1.50. The molecule has 0 atom stereocenters. The zero-order chi connectivity index (χ0) is 21.3. The Morgan fingerprint density at radius 2 is 1.40 bits per heavy atom. The first kappa shape index (κ1) is 19.9. The van der Waals surface area contributed by atoms with Crippen molar-refractivity contribution in [2.45, 2.75) is 13.0 Å². The molecule has 2 aromatic carbocycles. The number of hydrogen-bond acceptors (Lipinski definition) is 8. The molecule has 1 aromatic heterocycles. The monoisotopic (exact) mass is 411 g/mol. The van der Waals surface area contributed by atoms with Crippen LogP contribution in [0.2, 0.25) is 0 Å². The number of fused-ring (bicyclic) bond motifs is 2. The van der Waals surface area contributed by atoms with Crippen LogP contribution in [0.5, 0.6) is 28.7 Å². The largest absolute Gasteiger partial charge is 0.493 e. The molecule has 8 heteroatoms. The topological polar surface area (TPSA) is 75.2 Å². The molecule has 0 amide bonds. The molecule has 0 spiro atoms. The molecule has 30 heavy (non-hydrogen) atoms. The molecule has 0 aliphatic carbocycles. The van der Waals surface area contributed by atoms with Crippen molar-refractivity contribution < 1.29 is 23.7 Å². The lowest BCUT2D eigenvalue weighted by Crippen LogP contribution is -2.31. The minimum atomic E-state index is 0.512. The molecule has 0 fully saturated rings. The van der Waals surface area contributed by atoms with Crippen molar-refractivity contribution in [3.05, 3.63) is 35.7 Å². The van der Waals surface area contributed by atoms with Crippen molar-refractivity contribution in [2.24, 2.45) is 0 Å². The maximum atomic E-state index is 5.60. The lowest BCUT2D eigenvalue weighted by atomic mass is 9.98. The first-order valence-electron chi connectivity index (χ1n) is 9.57. The van der Waals surface area contributed by atoms with Crippen LogP contribution < -0.4 is 28.6 Å². The van der Waals surface area contributed by atoms with Crippen LogP contribution in [0.3, 0.4) is 0 Å². The number of benzene rings is 2. The summed E-state index contributed by atoms with van der Waals surface area (Å²) in [5, 5.41) is 0.843. The number of rotatable bonds is 6. The summed E-state index contributed by atoms with van der Waals surface area (Å²) in [5.74, 6) is 3.90. The van der Waals surface area contributed by atoms with E-state index >= 15 is 0 Å². The summed E-state index contributed by atoms with van der Waals surface area (Å²) < 4.78 is 27.6. The van der Waals surface area contributed by atoms with E-state index in [0.29, 0.717) is 29.3 Å². The van der Waals surface area contributed by atoms with Gasteiger partial charge in [0.1, 0.15) is 17.7 Å². The minimum absolute atomic E-state index is 0.512. The van der Waals surface area contributed by atoms with E-state index in [1.165, 1.54) is 11.1 Å². The maximum absolute atomic E-state index is 5.60.